The average molecular weight is 259 g/mol. The number of hydrogen-bond donors (Lipinski definition) is 0. The van der Waals surface area contributed by atoms with Gasteiger partial charge >= 0.3 is 0 Å². The Morgan fingerprint density at radius 1 is 1.32 bits per heavy atom. The first-order valence-corrected chi connectivity index (χ1v) is 6.54. The molecule has 0 saturated heterocycles. The smallest absolute Gasteiger partial charge is 0.164 e. The van der Waals surface area contributed by atoms with Crippen LogP contribution < -0.4 is 0 Å². The van der Waals surface area contributed by atoms with Crippen molar-refractivity contribution in [3.8, 4) is 0 Å². The van der Waals surface area contributed by atoms with Gasteiger partial charge in [-0.3, -0.25) is 4.79 Å². The molecule has 2 nitrogen and oxygen atoms in total. The van der Waals surface area contributed by atoms with E-state index in [2.05, 4.69) is 0 Å². The molecular weight excluding hydrogens is 241 g/mol. The summed E-state index contributed by atoms with van der Waals surface area (Å²) in [4.78, 5) is 11.8. The lowest BCUT2D eigenvalue weighted by molar-refractivity contribution is 0.0981. The molecule has 0 atom stereocenters. The minimum atomic E-state index is -0.227. The van der Waals surface area contributed by atoms with E-state index in [-0.39, 0.29) is 11.6 Å². The predicted molar refractivity (Wildman–Crippen MR) is 73.9 cm³/mol. The molecule has 0 unspecified atom stereocenters. The topological polar surface area (TPSA) is 22.0 Å². The van der Waals surface area contributed by atoms with Crippen molar-refractivity contribution >= 4 is 5.78 Å². The molecule has 0 fully saturated rings. The molecule has 19 heavy (non-hydrogen) atoms. The van der Waals surface area contributed by atoms with Crippen molar-refractivity contribution < 1.29 is 9.18 Å². The van der Waals surface area contributed by atoms with Gasteiger partial charge in [0.2, 0.25) is 0 Å². The molecule has 1 heterocycles. The molecule has 0 aliphatic carbocycles. The van der Waals surface area contributed by atoms with Crippen LogP contribution in [-0.2, 0) is 6.54 Å². The summed E-state index contributed by atoms with van der Waals surface area (Å²) in [5.41, 5.74) is 2.72. The summed E-state index contributed by atoms with van der Waals surface area (Å²) in [6.45, 7) is 4.54. The Labute approximate surface area is 112 Å². The van der Waals surface area contributed by atoms with Gasteiger partial charge in [0.15, 0.2) is 5.78 Å². The van der Waals surface area contributed by atoms with Gasteiger partial charge in [0, 0.05) is 30.9 Å². The average Bonchev–Trinajstić information content (AvgIpc) is 2.83. The summed E-state index contributed by atoms with van der Waals surface area (Å²) in [6, 6.07) is 6.61. The number of carbonyl (C=O) groups is 1. The standard InChI is InChI=1S/C16H18FNO/c1-3-4-16(19)13-7-8-18(10-13)11-14-9-15(17)6-5-12(14)2/h5-10H,3-4,11H2,1-2H3. The highest BCUT2D eigenvalue weighted by molar-refractivity contribution is 5.95. The van der Waals surface area contributed by atoms with Crippen LogP contribution in [0, 0.1) is 12.7 Å². The van der Waals surface area contributed by atoms with Gasteiger partial charge in [-0.15, -0.1) is 0 Å². The van der Waals surface area contributed by atoms with Crippen LogP contribution in [0.5, 0.6) is 0 Å². The van der Waals surface area contributed by atoms with E-state index in [4.69, 9.17) is 0 Å². The van der Waals surface area contributed by atoms with Gasteiger partial charge in [0.1, 0.15) is 5.82 Å². The maximum absolute atomic E-state index is 13.2. The molecular formula is C16H18FNO. The van der Waals surface area contributed by atoms with Crippen LogP contribution >= 0.6 is 0 Å². The van der Waals surface area contributed by atoms with E-state index in [0.29, 0.717) is 13.0 Å². The molecule has 2 rings (SSSR count). The van der Waals surface area contributed by atoms with Gasteiger partial charge in [0.05, 0.1) is 0 Å². The lowest BCUT2D eigenvalue weighted by Gasteiger charge is -2.07. The lowest BCUT2D eigenvalue weighted by atomic mass is 10.1. The number of ketones is 1. The first-order chi connectivity index (χ1) is 9.10. The van der Waals surface area contributed by atoms with Gasteiger partial charge in [-0.1, -0.05) is 13.0 Å². The minimum absolute atomic E-state index is 0.164. The van der Waals surface area contributed by atoms with Gasteiger partial charge in [-0.2, -0.15) is 0 Å². The van der Waals surface area contributed by atoms with Crippen LogP contribution in [0.4, 0.5) is 4.39 Å². The van der Waals surface area contributed by atoms with Crippen molar-refractivity contribution in [2.75, 3.05) is 0 Å². The summed E-state index contributed by atoms with van der Waals surface area (Å²) >= 11 is 0. The molecule has 2 aromatic rings. The summed E-state index contributed by atoms with van der Waals surface area (Å²) in [5, 5.41) is 0. The van der Waals surface area contributed by atoms with Crippen LogP contribution in [0.1, 0.15) is 41.3 Å². The fourth-order valence-corrected chi connectivity index (χ4v) is 2.08. The molecule has 0 aliphatic heterocycles. The Hall–Kier alpha value is -1.90. The zero-order valence-corrected chi connectivity index (χ0v) is 11.3. The third kappa shape index (κ3) is 3.31. The molecule has 0 radical (unpaired) electrons. The maximum atomic E-state index is 13.2. The number of Topliss-reactive ketones (excluding diaryl/α,β-unsaturated/α-hetero) is 1. The molecule has 0 aliphatic rings. The number of halogens is 1. The first-order valence-electron chi connectivity index (χ1n) is 6.54. The number of aryl methyl sites for hydroxylation is 1. The van der Waals surface area contributed by atoms with E-state index in [1.807, 2.05) is 36.9 Å². The molecule has 100 valence electrons. The van der Waals surface area contributed by atoms with Crippen molar-refractivity contribution in [3.63, 3.8) is 0 Å². The SMILES string of the molecule is CCCC(=O)c1ccn(Cc2cc(F)ccc2C)c1. The van der Waals surface area contributed by atoms with E-state index < -0.39 is 0 Å². The van der Waals surface area contributed by atoms with E-state index in [1.165, 1.54) is 6.07 Å². The molecule has 1 aromatic heterocycles. The fourth-order valence-electron chi connectivity index (χ4n) is 2.08. The Morgan fingerprint density at radius 3 is 2.84 bits per heavy atom. The molecule has 1 aromatic carbocycles. The van der Waals surface area contributed by atoms with Crippen molar-refractivity contribution in [1.29, 1.82) is 0 Å². The highest BCUT2D eigenvalue weighted by atomic mass is 19.1. The fraction of sp³-hybridized carbons (Fsp3) is 0.312. The van der Waals surface area contributed by atoms with Crippen LogP contribution in [0.25, 0.3) is 0 Å². The van der Waals surface area contributed by atoms with E-state index >= 15 is 0 Å². The normalized spacial score (nSPS) is 10.7. The monoisotopic (exact) mass is 259 g/mol. The second-order valence-corrected chi connectivity index (χ2v) is 4.82. The number of carbonyl (C=O) groups excluding carboxylic acids is 1. The first kappa shape index (κ1) is 13.5. The number of hydrogen-bond acceptors (Lipinski definition) is 1. The summed E-state index contributed by atoms with van der Waals surface area (Å²) in [7, 11) is 0. The van der Waals surface area contributed by atoms with E-state index in [1.54, 1.807) is 12.1 Å². The molecule has 0 spiro atoms. The highest BCUT2D eigenvalue weighted by Gasteiger charge is 2.07. The molecule has 0 N–H and O–H groups in total. The Kier molecular flexibility index (Phi) is 4.15. The summed E-state index contributed by atoms with van der Waals surface area (Å²) in [5.74, 6) is -0.0627. The lowest BCUT2D eigenvalue weighted by Crippen LogP contribution is -2.01. The van der Waals surface area contributed by atoms with Crippen LogP contribution in [0.3, 0.4) is 0 Å². The maximum Gasteiger partial charge on any atom is 0.164 e. The second kappa shape index (κ2) is 5.83. The summed E-state index contributed by atoms with van der Waals surface area (Å²) in [6.07, 6.45) is 5.13. The van der Waals surface area contributed by atoms with Crippen molar-refractivity contribution in [1.82, 2.24) is 4.57 Å². The second-order valence-electron chi connectivity index (χ2n) is 4.82. The van der Waals surface area contributed by atoms with Gasteiger partial charge in [-0.05, 0) is 42.7 Å². The van der Waals surface area contributed by atoms with Crippen molar-refractivity contribution in [2.24, 2.45) is 0 Å². The van der Waals surface area contributed by atoms with Crippen LogP contribution in [0.2, 0.25) is 0 Å². The molecule has 3 heteroatoms. The van der Waals surface area contributed by atoms with Gasteiger partial charge < -0.3 is 4.57 Å². The van der Waals surface area contributed by atoms with Crippen LogP contribution in [0.15, 0.2) is 36.7 Å². The van der Waals surface area contributed by atoms with Crippen LogP contribution in [-0.4, -0.2) is 10.4 Å². The van der Waals surface area contributed by atoms with Crippen molar-refractivity contribution in [2.45, 2.75) is 33.2 Å². The predicted octanol–water partition coefficient (Wildman–Crippen LogP) is 3.97. The number of benzene rings is 1. The Morgan fingerprint density at radius 2 is 2.11 bits per heavy atom. The highest BCUT2D eigenvalue weighted by Crippen LogP contribution is 2.14. The van der Waals surface area contributed by atoms with Gasteiger partial charge in [0.25, 0.3) is 0 Å². The molecule has 0 saturated carbocycles. The number of rotatable bonds is 5. The largest absolute Gasteiger partial charge is 0.349 e. The van der Waals surface area contributed by atoms with E-state index in [9.17, 15) is 9.18 Å². The van der Waals surface area contributed by atoms with Gasteiger partial charge in [-0.25, -0.2) is 4.39 Å². The third-order valence-corrected chi connectivity index (χ3v) is 3.21. The zero-order valence-electron chi connectivity index (χ0n) is 11.3. The number of nitrogens with zero attached hydrogens (tertiary/aromatic N) is 1. The van der Waals surface area contributed by atoms with E-state index in [0.717, 1.165) is 23.1 Å². The number of aromatic nitrogens is 1. The Bertz CT molecular complexity index is 586. The summed E-state index contributed by atoms with van der Waals surface area (Å²) < 4.78 is 15.1. The Balaban J connectivity index is 2.15. The minimum Gasteiger partial charge on any atom is -0.349 e. The van der Waals surface area contributed by atoms with Crippen molar-refractivity contribution in [3.05, 3.63) is 59.2 Å². The quantitative estimate of drug-likeness (QED) is 0.745. The third-order valence-electron chi connectivity index (χ3n) is 3.21. The molecule has 0 bridgehead atoms. The zero-order chi connectivity index (χ0) is 13.8. The molecule has 0 amide bonds.